The van der Waals surface area contributed by atoms with Gasteiger partial charge in [0.2, 0.25) is 0 Å². The molecule has 1 aromatic heterocycles. The van der Waals surface area contributed by atoms with Crippen molar-refractivity contribution in [2.24, 2.45) is 0 Å². The maximum absolute atomic E-state index is 14.1. The lowest BCUT2D eigenvalue weighted by Crippen LogP contribution is -2.35. The zero-order valence-corrected chi connectivity index (χ0v) is 15.5. The first-order valence-electron chi connectivity index (χ1n) is 8.58. The number of benzene rings is 2. The Morgan fingerprint density at radius 1 is 1.03 bits per heavy atom. The van der Waals surface area contributed by atoms with E-state index < -0.39 is 35.2 Å². The van der Waals surface area contributed by atoms with Crippen molar-refractivity contribution in [3.05, 3.63) is 77.0 Å². The number of nitrogens with zero attached hydrogens (tertiary/aromatic N) is 2. The van der Waals surface area contributed by atoms with E-state index in [9.17, 15) is 22.4 Å². The molecule has 1 amide bonds. The van der Waals surface area contributed by atoms with E-state index >= 15 is 0 Å². The highest BCUT2D eigenvalue weighted by molar-refractivity contribution is 5.93. The van der Waals surface area contributed by atoms with Crippen LogP contribution in [0, 0.1) is 23.3 Å². The van der Waals surface area contributed by atoms with Crippen LogP contribution >= 0.6 is 0 Å². The molecule has 0 bridgehead atoms. The number of carbonyl (C=O) groups excluding carboxylic acids is 1. The number of rotatable bonds is 6. The van der Waals surface area contributed by atoms with Gasteiger partial charge in [-0.2, -0.15) is 0 Å². The van der Waals surface area contributed by atoms with E-state index in [-0.39, 0.29) is 29.1 Å². The molecule has 0 saturated heterocycles. The molecule has 0 fully saturated rings. The molecule has 1 heterocycles. The third-order valence-electron chi connectivity index (χ3n) is 4.35. The molecular weight excluding hydrogens is 390 g/mol. The topological polar surface area (TPSA) is 58.4 Å². The van der Waals surface area contributed by atoms with Gasteiger partial charge in [0.05, 0.1) is 6.04 Å². The van der Waals surface area contributed by atoms with Gasteiger partial charge >= 0.3 is 0 Å². The number of likely N-dealkylation sites (N-methyl/N-ethyl adjacent to an activating group) is 1. The number of aromatic nitrogens is 1. The number of hydrogen-bond donors (Lipinski definition) is 1. The van der Waals surface area contributed by atoms with Gasteiger partial charge in [0, 0.05) is 29.8 Å². The Balaban J connectivity index is 1.72. The van der Waals surface area contributed by atoms with E-state index in [0.717, 1.165) is 24.3 Å². The Hall–Kier alpha value is -3.20. The van der Waals surface area contributed by atoms with Crippen molar-refractivity contribution < 1.29 is 26.9 Å². The molecule has 0 aliphatic heterocycles. The van der Waals surface area contributed by atoms with Gasteiger partial charge in [-0.1, -0.05) is 11.2 Å². The normalized spacial score (nSPS) is 12.2. The molecule has 1 atom stereocenters. The van der Waals surface area contributed by atoms with E-state index in [1.54, 1.807) is 19.0 Å². The molecule has 3 rings (SSSR count). The largest absolute Gasteiger partial charge is 0.355 e. The summed E-state index contributed by atoms with van der Waals surface area (Å²) in [4.78, 5) is 14.0. The van der Waals surface area contributed by atoms with Gasteiger partial charge in [-0.3, -0.25) is 4.79 Å². The standard InChI is InChI=1S/C20H17F4N3O2/c1-27(2)18(13-5-4-12(21)8-15(13)23)10-25-20(28)17-9-19(29-26-17)11-3-6-14(22)16(24)7-11/h3-9,18H,10H2,1-2H3,(H,25,28)/t18-/m1/s1. The average molecular weight is 407 g/mol. The molecule has 2 aromatic carbocycles. The maximum Gasteiger partial charge on any atom is 0.273 e. The molecule has 29 heavy (non-hydrogen) atoms. The number of carbonyl (C=O) groups is 1. The van der Waals surface area contributed by atoms with Crippen molar-refractivity contribution in [2.75, 3.05) is 20.6 Å². The zero-order chi connectivity index (χ0) is 21.1. The van der Waals surface area contributed by atoms with Crippen LogP contribution in [-0.4, -0.2) is 36.6 Å². The predicted molar refractivity (Wildman–Crippen MR) is 97.0 cm³/mol. The molecule has 0 aliphatic rings. The minimum atomic E-state index is -1.06. The summed E-state index contributed by atoms with van der Waals surface area (Å²) in [6, 6.07) is 7.12. The highest BCUT2D eigenvalue weighted by Gasteiger charge is 2.21. The van der Waals surface area contributed by atoms with Crippen LogP contribution in [0.1, 0.15) is 22.1 Å². The molecule has 5 nitrogen and oxygen atoms in total. The van der Waals surface area contributed by atoms with E-state index in [2.05, 4.69) is 10.5 Å². The second kappa shape index (κ2) is 8.44. The van der Waals surface area contributed by atoms with Crippen LogP contribution < -0.4 is 5.32 Å². The Bertz CT molecular complexity index is 1040. The molecule has 9 heteroatoms. The van der Waals surface area contributed by atoms with Gasteiger partial charge in [-0.25, -0.2) is 17.6 Å². The highest BCUT2D eigenvalue weighted by Crippen LogP contribution is 2.24. The zero-order valence-electron chi connectivity index (χ0n) is 15.5. The second-order valence-corrected chi connectivity index (χ2v) is 6.56. The minimum absolute atomic E-state index is 0.0156. The van der Waals surface area contributed by atoms with Crippen molar-refractivity contribution in [2.45, 2.75) is 6.04 Å². The van der Waals surface area contributed by atoms with Crippen LogP contribution in [0.3, 0.4) is 0 Å². The molecule has 0 radical (unpaired) electrons. The van der Waals surface area contributed by atoms with E-state index in [4.69, 9.17) is 4.52 Å². The fourth-order valence-corrected chi connectivity index (χ4v) is 2.79. The lowest BCUT2D eigenvalue weighted by molar-refractivity contribution is 0.0932. The van der Waals surface area contributed by atoms with Gasteiger partial charge in [0.25, 0.3) is 5.91 Å². The fourth-order valence-electron chi connectivity index (χ4n) is 2.79. The van der Waals surface area contributed by atoms with Crippen molar-refractivity contribution in [3.8, 4) is 11.3 Å². The van der Waals surface area contributed by atoms with Crippen LogP contribution in [-0.2, 0) is 0 Å². The molecule has 1 N–H and O–H groups in total. The van der Waals surface area contributed by atoms with Crippen molar-refractivity contribution in [1.29, 1.82) is 0 Å². The van der Waals surface area contributed by atoms with Crippen molar-refractivity contribution in [1.82, 2.24) is 15.4 Å². The Morgan fingerprint density at radius 3 is 2.45 bits per heavy atom. The quantitative estimate of drug-likeness (QED) is 0.629. The van der Waals surface area contributed by atoms with Gasteiger partial charge in [-0.05, 0) is 38.4 Å². The van der Waals surface area contributed by atoms with E-state index in [0.29, 0.717) is 0 Å². The molecule has 0 aliphatic carbocycles. The summed E-state index contributed by atoms with van der Waals surface area (Å²) in [5.74, 6) is -3.99. The van der Waals surface area contributed by atoms with Crippen LogP contribution in [0.15, 0.2) is 47.0 Å². The third-order valence-corrected chi connectivity index (χ3v) is 4.35. The van der Waals surface area contributed by atoms with Gasteiger partial charge < -0.3 is 14.7 Å². The fraction of sp³-hybridized carbons (Fsp3) is 0.200. The Labute approximate surface area is 163 Å². The molecule has 3 aromatic rings. The average Bonchev–Trinajstić information content (AvgIpc) is 3.15. The van der Waals surface area contributed by atoms with E-state index in [1.165, 1.54) is 18.2 Å². The lowest BCUT2D eigenvalue weighted by atomic mass is 10.0. The first-order chi connectivity index (χ1) is 13.8. The van der Waals surface area contributed by atoms with Crippen molar-refractivity contribution >= 4 is 5.91 Å². The molecule has 0 saturated carbocycles. The summed E-state index contributed by atoms with van der Waals surface area (Å²) in [7, 11) is 3.38. The highest BCUT2D eigenvalue weighted by atomic mass is 19.2. The van der Waals surface area contributed by atoms with Crippen LogP contribution in [0.2, 0.25) is 0 Å². The third kappa shape index (κ3) is 4.62. The van der Waals surface area contributed by atoms with Gasteiger partial charge in [0.15, 0.2) is 23.1 Å². The molecular formula is C20H17F4N3O2. The summed E-state index contributed by atoms with van der Waals surface area (Å²) in [5.41, 5.74) is 0.358. The van der Waals surface area contributed by atoms with Gasteiger partial charge in [-0.15, -0.1) is 0 Å². The van der Waals surface area contributed by atoms with Crippen LogP contribution in [0.25, 0.3) is 11.3 Å². The Kier molecular flexibility index (Phi) is 5.97. The second-order valence-electron chi connectivity index (χ2n) is 6.56. The molecule has 0 unspecified atom stereocenters. The van der Waals surface area contributed by atoms with Crippen LogP contribution in [0.5, 0.6) is 0 Å². The predicted octanol–water partition coefficient (Wildman–Crippen LogP) is 3.93. The lowest BCUT2D eigenvalue weighted by Gasteiger charge is -2.25. The monoisotopic (exact) mass is 407 g/mol. The number of nitrogens with one attached hydrogen (secondary N) is 1. The van der Waals surface area contributed by atoms with E-state index in [1.807, 2.05) is 0 Å². The number of hydrogen-bond acceptors (Lipinski definition) is 4. The summed E-state index contributed by atoms with van der Waals surface area (Å²) < 4.78 is 58.7. The summed E-state index contributed by atoms with van der Waals surface area (Å²) in [5, 5.41) is 6.24. The van der Waals surface area contributed by atoms with Gasteiger partial charge in [0.1, 0.15) is 11.6 Å². The minimum Gasteiger partial charge on any atom is -0.355 e. The smallest absolute Gasteiger partial charge is 0.273 e. The molecule has 152 valence electrons. The van der Waals surface area contributed by atoms with Crippen molar-refractivity contribution in [3.63, 3.8) is 0 Å². The number of halogens is 4. The summed E-state index contributed by atoms with van der Waals surface area (Å²) in [6.07, 6.45) is 0. The summed E-state index contributed by atoms with van der Waals surface area (Å²) in [6.45, 7) is 0.0156. The van der Waals surface area contributed by atoms with Crippen LogP contribution in [0.4, 0.5) is 17.6 Å². The SMILES string of the molecule is CN(C)[C@H](CNC(=O)c1cc(-c2ccc(F)c(F)c2)on1)c1ccc(F)cc1F. The maximum atomic E-state index is 14.1. The Morgan fingerprint density at radius 2 is 1.79 bits per heavy atom. The first-order valence-corrected chi connectivity index (χ1v) is 8.58. The molecule has 0 spiro atoms. The number of amides is 1. The first kappa shape index (κ1) is 20.5. The summed E-state index contributed by atoms with van der Waals surface area (Å²) >= 11 is 0.